The summed E-state index contributed by atoms with van der Waals surface area (Å²) in [6, 6.07) is 5.26. The fourth-order valence-corrected chi connectivity index (χ4v) is 1.47. The number of carbonyl (C=O) groups excluding carboxylic acids is 1. The third-order valence-electron chi connectivity index (χ3n) is 2.12. The monoisotopic (exact) mass is 293 g/mol. The number of benzene rings is 1. The lowest BCUT2D eigenvalue weighted by Gasteiger charge is -2.06. The summed E-state index contributed by atoms with van der Waals surface area (Å²) in [5.41, 5.74) is -0.0776. The maximum Gasteiger partial charge on any atom is 0.270 e. The molecule has 0 spiro atoms. The van der Waals surface area contributed by atoms with E-state index < -0.39 is 10.8 Å². The Kier molecular flexibility index (Phi) is 3.91. The van der Waals surface area contributed by atoms with Gasteiger partial charge in [0, 0.05) is 17.7 Å². The summed E-state index contributed by atoms with van der Waals surface area (Å²) in [6.45, 7) is 0. The second-order valence-electron chi connectivity index (χ2n) is 3.45. The summed E-state index contributed by atoms with van der Waals surface area (Å²) in [4.78, 5) is 21.9. The van der Waals surface area contributed by atoms with E-state index in [1.807, 2.05) is 0 Å². The van der Waals surface area contributed by atoms with Gasteiger partial charge in [0.1, 0.15) is 0 Å². The minimum Gasteiger partial charge on any atom is -0.299 e. The molecule has 11 heteroatoms. The van der Waals surface area contributed by atoms with Crippen LogP contribution < -0.4 is 10.6 Å². The van der Waals surface area contributed by atoms with E-state index in [0.29, 0.717) is 0 Å². The first-order valence-corrected chi connectivity index (χ1v) is 5.57. The molecular weight excluding hydrogens is 286 g/mol. The molecule has 2 rings (SSSR count). The number of carbonyl (C=O) groups is 1. The van der Waals surface area contributed by atoms with Gasteiger partial charge in [-0.05, 0) is 23.5 Å². The predicted molar refractivity (Wildman–Crippen MR) is 71.0 cm³/mol. The minimum absolute atomic E-state index is 0.0529. The molecule has 0 fully saturated rings. The van der Waals surface area contributed by atoms with Gasteiger partial charge in [-0.3, -0.25) is 25.5 Å². The van der Waals surface area contributed by atoms with Crippen LogP contribution in [0, 0.1) is 10.1 Å². The normalized spacial score (nSPS) is 9.80. The van der Waals surface area contributed by atoms with Crippen molar-refractivity contribution in [2.45, 2.75) is 0 Å². The summed E-state index contributed by atoms with van der Waals surface area (Å²) in [7, 11) is 0. The van der Waals surface area contributed by atoms with E-state index in [2.05, 4.69) is 31.3 Å². The average molecular weight is 293 g/mol. The van der Waals surface area contributed by atoms with E-state index in [9.17, 15) is 14.9 Å². The maximum absolute atomic E-state index is 11.8. The van der Waals surface area contributed by atoms with Gasteiger partial charge in [-0.15, -0.1) is 5.10 Å². The molecular formula is C9H7N7O3S. The number of anilines is 1. The quantitative estimate of drug-likeness (QED) is 0.415. The number of amides is 1. The lowest BCUT2D eigenvalue weighted by atomic mass is 10.2. The lowest BCUT2D eigenvalue weighted by Crippen LogP contribution is -2.34. The topological polar surface area (TPSA) is 139 Å². The molecule has 0 aliphatic rings. The van der Waals surface area contributed by atoms with Crippen LogP contribution in [0.15, 0.2) is 24.3 Å². The second-order valence-corrected chi connectivity index (χ2v) is 3.86. The molecule has 0 unspecified atom stereocenters. The van der Waals surface area contributed by atoms with Crippen LogP contribution in [-0.4, -0.2) is 36.6 Å². The van der Waals surface area contributed by atoms with Crippen molar-refractivity contribution in [1.29, 1.82) is 0 Å². The third-order valence-corrected chi connectivity index (χ3v) is 2.32. The molecule has 0 aliphatic heterocycles. The number of H-pyrrole nitrogens is 1. The molecule has 2 aromatic rings. The number of aromatic amines is 1. The van der Waals surface area contributed by atoms with Gasteiger partial charge in [0.05, 0.1) is 4.92 Å². The highest BCUT2D eigenvalue weighted by Gasteiger charge is 2.13. The van der Waals surface area contributed by atoms with Gasteiger partial charge in [-0.1, -0.05) is 11.2 Å². The van der Waals surface area contributed by atoms with Crippen LogP contribution in [0.2, 0.25) is 0 Å². The molecule has 102 valence electrons. The highest BCUT2D eigenvalue weighted by atomic mass is 32.1. The molecule has 10 nitrogen and oxygen atoms in total. The highest BCUT2D eigenvalue weighted by molar-refractivity contribution is 7.80. The van der Waals surface area contributed by atoms with Crippen molar-refractivity contribution in [2.75, 3.05) is 5.32 Å². The Morgan fingerprint density at radius 2 is 2.25 bits per heavy atom. The number of nitro groups is 1. The molecule has 0 radical (unpaired) electrons. The zero-order valence-electron chi connectivity index (χ0n) is 9.73. The van der Waals surface area contributed by atoms with Gasteiger partial charge in [0.15, 0.2) is 5.11 Å². The molecule has 1 amide bonds. The first-order valence-electron chi connectivity index (χ1n) is 5.16. The van der Waals surface area contributed by atoms with Crippen LogP contribution in [-0.2, 0) is 0 Å². The van der Waals surface area contributed by atoms with E-state index in [0.717, 1.165) is 6.07 Å². The summed E-state index contributed by atoms with van der Waals surface area (Å²) in [5.74, 6) is -0.496. The Hall–Kier alpha value is -2.95. The average Bonchev–Trinajstić information content (AvgIpc) is 2.91. The van der Waals surface area contributed by atoms with Crippen LogP contribution in [0.3, 0.4) is 0 Å². The summed E-state index contributed by atoms with van der Waals surface area (Å²) < 4.78 is 0. The molecule has 0 saturated carbocycles. The van der Waals surface area contributed by atoms with E-state index in [1.54, 1.807) is 0 Å². The van der Waals surface area contributed by atoms with Gasteiger partial charge in [-0.2, -0.15) is 5.21 Å². The summed E-state index contributed by atoms with van der Waals surface area (Å²) >= 11 is 4.86. The van der Waals surface area contributed by atoms with E-state index in [1.165, 1.54) is 18.2 Å². The number of rotatable bonds is 3. The van der Waals surface area contributed by atoms with Crippen molar-refractivity contribution >= 4 is 34.9 Å². The molecule has 20 heavy (non-hydrogen) atoms. The zero-order chi connectivity index (χ0) is 14.5. The molecule has 0 saturated heterocycles. The number of nitrogens with zero attached hydrogens (tertiary/aromatic N) is 4. The van der Waals surface area contributed by atoms with Gasteiger partial charge in [0.25, 0.3) is 17.5 Å². The largest absolute Gasteiger partial charge is 0.299 e. The van der Waals surface area contributed by atoms with Crippen molar-refractivity contribution < 1.29 is 9.72 Å². The van der Waals surface area contributed by atoms with E-state index in [4.69, 9.17) is 12.2 Å². The predicted octanol–water partition coefficient (Wildman–Crippen LogP) is 0.235. The van der Waals surface area contributed by atoms with E-state index in [-0.39, 0.29) is 22.3 Å². The number of hydrogen-bond acceptors (Lipinski definition) is 7. The number of tetrazole rings is 1. The highest BCUT2D eigenvalue weighted by Crippen LogP contribution is 2.12. The fourth-order valence-electron chi connectivity index (χ4n) is 1.28. The van der Waals surface area contributed by atoms with Crippen molar-refractivity contribution in [2.24, 2.45) is 0 Å². The van der Waals surface area contributed by atoms with Gasteiger partial charge < -0.3 is 0 Å². The Bertz CT molecular complexity index is 657. The van der Waals surface area contributed by atoms with Crippen LogP contribution >= 0.6 is 12.2 Å². The molecule has 3 N–H and O–H groups in total. The van der Waals surface area contributed by atoms with Crippen LogP contribution in [0.5, 0.6) is 0 Å². The summed E-state index contributed by atoms with van der Waals surface area (Å²) in [5, 5.41) is 28.1. The number of non-ortho nitro benzene ring substituents is 1. The molecule has 1 aromatic carbocycles. The Labute approximate surface area is 116 Å². The van der Waals surface area contributed by atoms with Gasteiger partial charge in [0.2, 0.25) is 0 Å². The van der Waals surface area contributed by atoms with Crippen molar-refractivity contribution in [3.05, 3.63) is 39.9 Å². The standard InChI is InChI=1S/C9H7N7O3S/c17-7(5-2-1-3-6(4-5)16(18)19)10-9(20)11-8-12-14-15-13-8/h1-4H,(H3,10,11,12,13,14,15,17,20). The minimum atomic E-state index is -0.591. The first-order chi connectivity index (χ1) is 9.56. The molecule has 0 bridgehead atoms. The number of hydrogen-bond donors (Lipinski definition) is 3. The van der Waals surface area contributed by atoms with Crippen molar-refractivity contribution in [1.82, 2.24) is 25.9 Å². The van der Waals surface area contributed by atoms with Gasteiger partial charge >= 0.3 is 0 Å². The lowest BCUT2D eigenvalue weighted by molar-refractivity contribution is -0.384. The van der Waals surface area contributed by atoms with Crippen LogP contribution in [0.1, 0.15) is 10.4 Å². The smallest absolute Gasteiger partial charge is 0.270 e. The van der Waals surface area contributed by atoms with Crippen LogP contribution in [0.25, 0.3) is 0 Å². The first kappa shape index (κ1) is 13.5. The number of thiocarbonyl (C=S) groups is 1. The molecule has 1 heterocycles. The molecule has 1 aromatic heterocycles. The van der Waals surface area contributed by atoms with Crippen molar-refractivity contribution in [3.8, 4) is 0 Å². The Morgan fingerprint density at radius 1 is 1.45 bits per heavy atom. The Morgan fingerprint density at radius 3 is 2.90 bits per heavy atom. The Balaban J connectivity index is 2.02. The number of aromatic nitrogens is 4. The molecule has 0 aliphatic carbocycles. The van der Waals surface area contributed by atoms with Crippen molar-refractivity contribution in [3.63, 3.8) is 0 Å². The van der Waals surface area contributed by atoms with E-state index >= 15 is 0 Å². The molecule has 0 atom stereocenters. The number of nitrogens with one attached hydrogen (secondary N) is 3. The van der Waals surface area contributed by atoms with Crippen LogP contribution in [0.4, 0.5) is 11.6 Å². The zero-order valence-corrected chi connectivity index (χ0v) is 10.5. The van der Waals surface area contributed by atoms with Gasteiger partial charge in [-0.25, -0.2) is 0 Å². The third kappa shape index (κ3) is 3.29. The number of nitro benzene ring substituents is 1. The summed E-state index contributed by atoms with van der Waals surface area (Å²) in [6.07, 6.45) is 0. The maximum atomic E-state index is 11.8. The second kappa shape index (κ2) is 5.79. The fraction of sp³-hybridized carbons (Fsp3) is 0. The SMILES string of the molecule is O=C(NC(=S)Nc1nn[nH]n1)c1cccc([N+](=O)[O-])c1.